The van der Waals surface area contributed by atoms with Gasteiger partial charge in [-0.2, -0.15) is 0 Å². The second-order valence-electron chi connectivity index (χ2n) is 5.30. The van der Waals surface area contributed by atoms with Gasteiger partial charge in [-0.05, 0) is 45.9 Å². The van der Waals surface area contributed by atoms with Crippen LogP contribution in [0.2, 0.25) is 5.02 Å². The van der Waals surface area contributed by atoms with Crippen molar-refractivity contribution in [2.75, 3.05) is 0 Å². The highest BCUT2D eigenvalue weighted by atomic mass is 79.9. The van der Waals surface area contributed by atoms with Crippen LogP contribution in [0.4, 0.5) is 0 Å². The van der Waals surface area contributed by atoms with Gasteiger partial charge in [0, 0.05) is 15.1 Å². The third kappa shape index (κ3) is 3.70. The van der Waals surface area contributed by atoms with Crippen molar-refractivity contribution in [3.63, 3.8) is 0 Å². The number of carbonyl (C=O) groups is 1. The van der Waals surface area contributed by atoms with Gasteiger partial charge in [-0.3, -0.25) is 4.79 Å². The lowest BCUT2D eigenvalue weighted by Gasteiger charge is -2.38. The Morgan fingerprint density at radius 3 is 2.28 bits per heavy atom. The molecule has 0 unspecified atom stereocenters. The molecule has 1 aromatic carbocycles. The Morgan fingerprint density at radius 1 is 1.28 bits per heavy atom. The SMILES string of the molecule is CC(C)(O)C(C)(C)NC(=O)c1cc(Cl)cc(Br)c1. The van der Waals surface area contributed by atoms with Crippen LogP contribution in [0.25, 0.3) is 0 Å². The van der Waals surface area contributed by atoms with E-state index < -0.39 is 11.1 Å². The van der Waals surface area contributed by atoms with E-state index in [1.165, 1.54) is 0 Å². The van der Waals surface area contributed by atoms with Crippen LogP contribution >= 0.6 is 27.5 Å². The number of aliphatic hydroxyl groups is 1. The summed E-state index contributed by atoms with van der Waals surface area (Å²) in [4.78, 5) is 12.1. The van der Waals surface area contributed by atoms with E-state index in [-0.39, 0.29) is 5.91 Å². The molecular weight excluding hydrogens is 318 g/mol. The first-order valence-electron chi connectivity index (χ1n) is 5.54. The Hall–Kier alpha value is -0.580. The summed E-state index contributed by atoms with van der Waals surface area (Å²) < 4.78 is 0.737. The minimum atomic E-state index is -1.03. The van der Waals surface area contributed by atoms with Crippen molar-refractivity contribution in [3.05, 3.63) is 33.3 Å². The molecular formula is C13H17BrClNO2. The fraction of sp³-hybridized carbons (Fsp3) is 0.462. The summed E-state index contributed by atoms with van der Waals surface area (Å²) in [5.74, 6) is -0.273. The minimum absolute atomic E-state index is 0.273. The molecule has 0 spiro atoms. The Morgan fingerprint density at radius 2 is 1.83 bits per heavy atom. The number of benzene rings is 1. The normalized spacial score (nSPS) is 12.4. The van der Waals surface area contributed by atoms with Crippen molar-refractivity contribution in [3.8, 4) is 0 Å². The molecule has 0 saturated carbocycles. The van der Waals surface area contributed by atoms with Crippen LogP contribution in [0.1, 0.15) is 38.1 Å². The summed E-state index contributed by atoms with van der Waals surface area (Å²) >= 11 is 9.18. The number of nitrogens with one attached hydrogen (secondary N) is 1. The summed E-state index contributed by atoms with van der Waals surface area (Å²) in [6.07, 6.45) is 0. The summed E-state index contributed by atoms with van der Waals surface area (Å²) in [5.41, 5.74) is -1.33. The Labute approximate surface area is 121 Å². The molecule has 0 atom stereocenters. The molecule has 0 aromatic heterocycles. The third-order valence-corrected chi connectivity index (χ3v) is 3.76. The van der Waals surface area contributed by atoms with Gasteiger partial charge in [0.2, 0.25) is 0 Å². The van der Waals surface area contributed by atoms with Crippen LogP contribution in [-0.4, -0.2) is 22.2 Å². The average molecular weight is 335 g/mol. The lowest BCUT2D eigenvalue weighted by Crippen LogP contribution is -2.57. The molecule has 0 aliphatic heterocycles. The van der Waals surface area contributed by atoms with Gasteiger partial charge in [0.1, 0.15) is 0 Å². The number of carbonyl (C=O) groups excluding carboxylic acids is 1. The zero-order valence-electron chi connectivity index (χ0n) is 10.8. The molecule has 0 aliphatic carbocycles. The smallest absolute Gasteiger partial charge is 0.251 e. The third-order valence-electron chi connectivity index (χ3n) is 3.08. The highest BCUT2D eigenvalue weighted by molar-refractivity contribution is 9.10. The molecule has 5 heteroatoms. The fourth-order valence-corrected chi connectivity index (χ4v) is 2.05. The van der Waals surface area contributed by atoms with Gasteiger partial charge in [0.05, 0.1) is 11.1 Å². The minimum Gasteiger partial charge on any atom is -0.388 e. The lowest BCUT2D eigenvalue weighted by atomic mass is 9.86. The van der Waals surface area contributed by atoms with Gasteiger partial charge >= 0.3 is 0 Å². The molecule has 0 bridgehead atoms. The molecule has 1 rings (SSSR count). The predicted molar refractivity (Wildman–Crippen MR) is 77.0 cm³/mol. The van der Waals surface area contributed by atoms with Gasteiger partial charge in [-0.15, -0.1) is 0 Å². The summed E-state index contributed by atoms with van der Waals surface area (Å²) in [5, 5.41) is 13.3. The number of hydrogen-bond acceptors (Lipinski definition) is 2. The van der Waals surface area contributed by atoms with E-state index in [1.807, 2.05) is 0 Å². The van der Waals surface area contributed by atoms with Crippen molar-refractivity contribution in [2.24, 2.45) is 0 Å². The van der Waals surface area contributed by atoms with E-state index in [0.29, 0.717) is 10.6 Å². The van der Waals surface area contributed by atoms with Gasteiger partial charge in [-0.1, -0.05) is 27.5 Å². The van der Waals surface area contributed by atoms with Crippen molar-refractivity contribution in [2.45, 2.75) is 38.8 Å². The Kier molecular flexibility index (Phi) is 4.47. The molecule has 0 aliphatic rings. The van der Waals surface area contributed by atoms with Crippen LogP contribution in [0, 0.1) is 0 Å². The predicted octanol–water partition coefficient (Wildman–Crippen LogP) is 3.38. The van der Waals surface area contributed by atoms with Crippen molar-refractivity contribution < 1.29 is 9.90 Å². The van der Waals surface area contributed by atoms with Crippen LogP contribution in [0.15, 0.2) is 22.7 Å². The van der Waals surface area contributed by atoms with E-state index in [0.717, 1.165) is 4.47 Å². The zero-order valence-corrected chi connectivity index (χ0v) is 13.2. The monoisotopic (exact) mass is 333 g/mol. The summed E-state index contributed by atoms with van der Waals surface area (Å²) in [6, 6.07) is 4.98. The Bertz CT molecular complexity index is 446. The van der Waals surface area contributed by atoms with Crippen LogP contribution in [-0.2, 0) is 0 Å². The van der Waals surface area contributed by atoms with Gasteiger partial charge in [0.25, 0.3) is 5.91 Å². The van der Waals surface area contributed by atoms with Gasteiger partial charge in [0.15, 0.2) is 0 Å². The van der Waals surface area contributed by atoms with Crippen LogP contribution in [0.3, 0.4) is 0 Å². The van der Waals surface area contributed by atoms with Crippen LogP contribution < -0.4 is 5.32 Å². The van der Waals surface area contributed by atoms with Crippen molar-refractivity contribution in [1.82, 2.24) is 5.32 Å². The Balaban J connectivity index is 2.96. The second-order valence-corrected chi connectivity index (χ2v) is 6.65. The van der Waals surface area contributed by atoms with Crippen LogP contribution in [0.5, 0.6) is 0 Å². The molecule has 1 aromatic rings. The molecule has 1 amide bonds. The number of rotatable bonds is 3. The number of hydrogen-bond donors (Lipinski definition) is 2. The van der Waals surface area contributed by atoms with E-state index in [1.54, 1.807) is 45.9 Å². The molecule has 2 N–H and O–H groups in total. The maximum Gasteiger partial charge on any atom is 0.251 e. The molecule has 18 heavy (non-hydrogen) atoms. The highest BCUT2D eigenvalue weighted by Crippen LogP contribution is 2.23. The van der Waals surface area contributed by atoms with E-state index in [2.05, 4.69) is 21.2 Å². The quantitative estimate of drug-likeness (QED) is 0.890. The van der Waals surface area contributed by atoms with E-state index in [4.69, 9.17) is 11.6 Å². The largest absolute Gasteiger partial charge is 0.388 e. The highest BCUT2D eigenvalue weighted by Gasteiger charge is 2.36. The zero-order chi connectivity index (χ0) is 14.1. The number of halogens is 2. The molecule has 0 fully saturated rings. The number of amides is 1. The first-order valence-corrected chi connectivity index (χ1v) is 6.71. The van der Waals surface area contributed by atoms with Crippen molar-refractivity contribution >= 4 is 33.4 Å². The standard InChI is InChI=1S/C13H17BrClNO2/c1-12(2,13(3,4)18)16-11(17)8-5-9(14)7-10(15)6-8/h5-7,18H,1-4H3,(H,16,17). The lowest BCUT2D eigenvalue weighted by molar-refractivity contribution is -0.00292. The first kappa shape index (κ1) is 15.5. The van der Waals surface area contributed by atoms with E-state index >= 15 is 0 Å². The fourth-order valence-electron chi connectivity index (χ4n) is 1.19. The molecule has 100 valence electrons. The summed E-state index contributed by atoms with van der Waals surface area (Å²) in [7, 11) is 0. The molecule has 3 nitrogen and oxygen atoms in total. The first-order chi connectivity index (χ1) is 8.03. The van der Waals surface area contributed by atoms with Gasteiger partial charge < -0.3 is 10.4 Å². The summed E-state index contributed by atoms with van der Waals surface area (Å²) in [6.45, 7) is 6.84. The van der Waals surface area contributed by atoms with Crippen molar-refractivity contribution in [1.29, 1.82) is 0 Å². The van der Waals surface area contributed by atoms with Gasteiger partial charge in [-0.25, -0.2) is 0 Å². The van der Waals surface area contributed by atoms with E-state index in [9.17, 15) is 9.90 Å². The topological polar surface area (TPSA) is 49.3 Å². The average Bonchev–Trinajstić information content (AvgIpc) is 2.13. The second kappa shape index (κ2) is 5.19. The molecule has 0 radical (unpaired) electrons. The maximum absolute atomic E-state index is 12.1. The molecule has 0 saturated heterocycles. The maximum atomic E-state index is 12.1. The molecule has 0 heterocycles.